The molecule has 3 rings (SSSR count). The lowest BCUT2D eigenvalue weighted by atomic mass is 10.1. The Kier molecular flexibility index (Phi) is 15.8. The van der Waals surface area contributed by atoms with Crippen LogP contribution in [0.2, 0.25) is 0 Å². The predicted octanol–water partition coefficient (Wildman–Crippen LogP) is 11.0. The maximum Gasteiger partial charge on any atom is 0.573 e. The van der Waals surface area contributed by atoms with Gasteiger partial charge in [0.1, 0.15) is 22.9 Å². The van der Waals surface area contributed by atoms with E-state index < -0.39 is 64.5 Å². The first-order chi connectivity index (χ1) is 24.6. The molecule has 3 aromatic rings. The van der Waals surface area contributed by atoms with E-state index in [0.29, 0.717) is 12.5 Å². The number of unbranched alkanes of at least 4 members (excludes halogenated alkanes) is 11. The van der Waals surface area contributed by atoms with E-state index in [1.807, 2.05) is 0 Å². The molecule has 3 N–H and O–H groups in total. The second-order valence-electron chi connectivity index (χ2n) is 11.8. The second-order valence-corrected chi connectivity index (χ2v) is 11.8. The summed E-state index contributed by atoms with van der Waals surface area (Å²) < 4.78 is 127. The molecular weight excluding hydrogens is 708 g/mol. The summed E-state index contributed by atoms with van der Waals surface area (Å²) in [6.07, 6.45) is 2.29. The van der Waals surface area contributed by atoms with E-state index in [-0.39, 0.29) is 23.8 Å². The Morgan fingerprint density at radius 3 is 1.81 bits per heavy atom. The molecule has 0 heterocycles. The van der Waals surface area contributed by atoms with Crippen LogP contribution in [0.4, 0.5) is 40.8 Å². The Bertz CT molecular complexity index is 1630. The maximum absolute atomic E-state index is 15.5. The highest BCUT2D eigenvalue weighted by Crippen LogP contribution is 2.40. The summed E-state index contributed by atoms with van der Waals surface area (Å²) in [5.74, 6) is -8.99. The minimum Gasteiger partial charge on any atom is -0.490 e. The van der Waals surface area contributed by atoms with Gasteiger partial charge in [-0.15, -0.1) is 26.3 Å². The van der Waals surface area contributed by atoms with Gasteiger partial charge in [0, 0.05) is 11.8 Å². The molecule has 2 amide bonds. The summed E-state index contributed by atoms with van der Waals surface area (Å²) >= 11 is 0. The zero-order valence-corrected chi connectivity index (χ0v) is 28.4. The summed E-state index contributed by atoms with van der Waals surface area (Å²) in [6, 6.07) is 6.49. The number of halogens is 8. The largest absolute Gasteiger partial charge is 0.573 e. The van der Waals surface area contributed by atoms with Crippen LogP contribution in [0.25, 0.3) is 0 Å². The number of amides is 2. The summed E-state index contributed by atoms with van der Waals surface area (Å²) in [5.41, 5.74) is 3.02. The third kappa shape index (κ3) is 14.1. The average molecular weight is 749 g/mol. The van der Waals surface area contributed by atoms with E-state index in [4.69, 9.17) is 15.2 Å². The summed E-state index contributed by atoms with van der Waals surface area (Å²) in [7, 11) is 0. The lowest BCUT2D eigenvalue weighted by Gasteiger charge is -2.18. The molecular formula is C36H40F8N2O6. The normalized spacial score (nSPS) is 11.6. The van der Waals surface area contributed by atoms with Crippen LogP contribution in [-0.4, -0.2) is 31.1 Å². The summed E-state index contributed by atoms with van der Waals surface area (Å²) in [6.45, 7) is 2.20. The number of anilines is 1. The molecule has 0 aliphatic heterocycles. The SMILES string of the molecule is CCCCCCCCCCCCCCOc1cc(OC(F)(F)F)ccc1Oc1ccc(OC(F)(F)F)c(F)c1C(=O)Nc1ccc(F)c(C(N)=O)c1. The van der Waals surface area contributed by atoms with E-state index >= 15 is 4.39 Å². The number of carbonyl (C=O) groups excluding carboxylic acids is 2. The van der Waals surface area contributed by atoms with Gasteiger partial charge in [-0.25, -0.2) is 8.78 Å². The van der Waals surface area contributed by atoms with Gasteiger partial charge in [-0.1, -0.05) is 77.6 Å². The molecule has 0 saturated heterocycles. The first-order valence-corrected chi connectivity index (χ1v) is 16.8. The van der Waals surface area contributed by atoms with Crippen molar-refractivity contribution in [1.82, 2.24) is 0 Å². The molecule has 8 nitrogen and oxygen atoms in total. The Balaban J connectivity index is 1.80. The van der Waals surface area contributed by atoms with Crippen molar-refractivity contribution in [2.24, 2.45) is 5.73 Å². The molecule has 52 heavy (non-hydrogen) atoms. The van der Waals surface area contributed by atoms with Crippen molar-refractivity contribution in [2.45, 2.75) is 96.7 Å². The van der Waals surface area contributed by atoms with Gasteiger partial charge in [-0.3, -0.25) is 9.59 Å². The average Bonchev–Trinajstić information content (AvgIpc) is 3.05. The molecule has 0 radical (unpaired) electrons. The summed E-state index contributed by atoms with van der Waals surface area (Å²) in [4.78, 5) is 24.8. The zero-order valence-electron chi connectivity index (χ0n) is 28.4. The van der Waals surface area contributed by atoms with Crippen molar-refractivity contribution in [3.63, 3.8) is 0 Å². The van der Waals surface area contributed by atoms with Crippen molar-refractivity contribution in [3.8, 4) is 28.7 Å². The Morgan fingerprint density at radius 2 is 1.23 bits per heavy atom. The number of hydrogen-bond acceptors (Lipinski definition) is 6. The predicted molar refractivity (Wildman–Crippen MR) is 176 cm³/mol. The molecule has 0 aliphatic rings. The lowest BCUT2D eigenvalue weighted by molar-refractivity contribution is -0.276. The van der Waals surface area contributed by atoms with E-state index in [1.54, 1.807) is 0 Å². The van der Waals surface area contributed by atoms with Crippen LogP contribution in [-0.2, 0) is 0 Å². The highest BCUT2D eigenvalue weighted by Gasteiger charge is 2.35. The fraction of sp³-hybridized carbons (Fsp3) is 0.444. The first-order valence-electron chi connectivity index (χ1n) is 16.8. The number of nitrogens with two attached hydrogens (primary N) is 1. The molecule has 0 atom stereocenters. The van der Waals surface area contributed by atoms with Gasteiger partial charge in [-0.05, 0) is 48.9 Å². The quantitative estimate of drug-likeness (QED) is 0.0829. The van der Waals surface area contributed by atoms with Crippen LogP contribution in [0.3, 0.4) is 0 Å². The van der Waals surface area contributed by atoms with Gasteiger partial charge in [0.15, 0.2) is 23.1 Å². The zero-order chi connectivity index (χ0) is 38.3. The smallest absolute Gasteiger partial charge is 0.490 e. The number of rotatable bonds is 21. The summed E-state index contributed by atoms with van der Waals surface area (Å²) in [5, 5.41) is 2.12. The number of carbonyl (C=O) groups is 2. The third-order valence-corrected chi connectivity index (χ3v) is 7.63. The molecule has 16 heteroatoms. The van der Waals surface area contributed by atoms with Crippen molar-refractivity contribution in [1.29, 1.82) is 0 Å². The molecule has 286 valence electrons. The molecule has 0 spiro atoms. The van der Waals surface area contributed by atoms with Gasteiger partial charge in [-0.2, -0.15) is 0 Å². The molecule has 0 aromatic heterocycles. The minimum atomic E-state index is -5.37. The van der Waals surface area contributed by atoms with Gasteiger partial charge in [0.25, 0.3) is 11.8 Å². The number of hydrogen-bond donors (Lipinski definition) is 2. The van der Waals surface area contributed by atoms with Crippen LogP contribution >= 0.6 is 0 Å². The van der Waals surface area contributed by atoms with E-state index in [2.05, 4.69) is 21.7 Å². The number of alkyl halides is 6. The molecule has 0 unspecified atom stereocenters. The molecule has 0 aliphatic carbocycles. The van der Waals surface area contributed by atoms with Gasteiger partial charge in [0.05, 0.1) is 12.2 Å². The van der Waals surface area contributed by atoms with Gasteiger partial charge >= 0.3 is 12.7 Å². The number of benzene rings is 3. The number of primary amides is 1. The van der Waals surface area contributed by atoms with Gasteiger partial charge in [0.2, 0.25) is 0 Å². The van der Waals surface area contributed by atoms with Crippen LogP contribution in [0.5, 0.6) is 28.7 Å². The van der Waals surface area contributed by atoms with E-state index in [1.165, 1.54) is 38.5 Å². The van der Waals surface area contributed by atoms with Gasteiger partial charge < -0.3 is 30.0 Å². The van der Waals surface area contributed by atoms with Crippen LogP contribution in [0.1, 0.15) is 105 Å². The standard InChI is InChI=1S/C36H40F8N2O6/c1-2-3-4-5-6-7-8-9-10-11-12-13-20-49-30-22-24(51-35(39,40)41)15-17-27(30)50-28-18-19-29(52-36(42,43)44)32(38)31(28)34(48)46-23-14-16-26(37)25(21-23)33(45)47/h14-19,21-22H,2-13,20H2,1H3,(H2,45,47)(H,46,48). The second kappa shape index (κ2) is 19.7. The third-order valence-electron chi connectivity index (χ3n) is 7.63. The van der Waals surface area contributed by atoms with Crippen molar-refractivity contribution >= 4 is 17.5 Å². The Labute approximate surface area is 295 Å². The monoisotopic (exact) mass is 748 g/mol. The minimum absolute atomic E-state index is 0.0239. The highest BCUT2D eigenvalue weighted by atomic mass is 19.4. The Hall–Kier alpha value is -4.76. The molecule has 0 bridgehead atoms. The lowest BCUT2D eigenvalue weighted by Crippen LogP contribution is -2.21. The number of nitrogens with one attached hydrogen (secondary N) is 1. The highest BCUT2D eigenvalue weighted by molar-refractivity contribution is 6.07. The molecule has 0 saturated carbocycles. The van der Waals surface area contributed by atoms with Crippen molar-refractivity contribution < 1.29 is 63.7 Å². The van der Waals surface area contributed by atoms with Crippen LogP contribution < -0.4 is 30.0 Å². The van der Waals surface area contributed by atoms with Crippen LogP contribution in [0.15, 0.2) is 48.5 Å². The van der Waals surface area contributed by atoms with E-state index in [0.717, 1.165) is 74.6 Å². The topological polar surface area (TPSA) is 109 Å². The van der Waals surface area contributed by atoms with E-state index in [9.17, 15) is 40.3 Å². The van der Waals surface area contributed by atoms with Crippen LogP contribution in [0, 0.1) is 11.6 Å². The first kappa shape index (κ1) is 41.7. The van der Waals surface area contributed by atoms with Crippen molar-refractivity contribution in [3.05, 3.63) is 71.3 Å². The molecule has 3 aromatic carbocycles. The number of ether oxygens (including phenoxy) is 4. The Morgan fingerprint density at radius 1 is 0.673 bits per heavy atom. The molecule has 0 fully saturated rings. The fourth-order valence-corrected chi connectivity index (χ4v) is 5.15. The van der Waals surface area contributed by atoms with Crippen molar-refractivity contribution in [2.75, 3.05) is 11.9 Å². The maximum atomic E-state index is 15.5. The fourth-order valence-electron chi connectivity index (χ4n) is 5.15.